The Kier molecular flexibility index (Phi) is 4.20. The molecule has 0 aromatic heterocycles. The number of nitrogen functional groups attached to an aromatic ring is 1. The van der Waals surface area contributed by atoms with E-state index in [2.05, 4.69) is 0 Å². The van der Waals surface area contributed by atoms with Gasteiger partial charge in [0.2, 0.25) is 0 Å². The molecule has 0 unspecified atom stereocenters. The molecule has 0 heterocycles. The first kappa shape index (κ1) is 14.3. The summed E-state index contributed by atoms with van der Waals surface area (Å²) in [5.41, 5.74) is 5.59. The fraction of sp³-hybridized carbons (Fsp3) is 0.0714. The molecule has 0 aliphatic rings. The zero-order valence-corrected chi connectivity index (χ0v) is 11.0. The lowest BCUT2D eigenvalue weighted by atomic mass is 10.2. The van der Waals surface area contributed by atoms with Crippen molar-refractivity contribution in [1.82, 2.24) is 0 Å². The number of rotatable bonds is 3. The third-order valence-electron chi connectivity index (χ3n) is 2.62. The summed E-state index contributed by atoms with van der Waals surface area (Å²) in [4.78, 5) is 11.8. The van der Waals surface area contributed by atoms with Crippen LogP contribution in [0.5, 0.6) is 0 Å². The number of hydrogen-bond acceptors (Lipinski definition) is 3. The second kappa shape index (κ2) is 5.88. The molecule has 0 fully saturated rings. The number of nitrogens with two attached hydrogens (primary N) is 1. The SMILES string of the molecule is Nc1ccc(Cl)c(C(=O)OCc2c(F)cccc2F)c1. The minimum absolute atomic E-state index is 0.0448. The molecular formula is C14H10ClF2NO2. The summed E-state index contributed by atoms with van der Waals surface area (Å²) in [6, 6.07) is 7.69. The zero-order chi connectivity index (χ0) is 14.7. The molecular weight excluding hydrogens is 288 g/mol. The highest BCUT2D eigenvalue weighted by atomic mass is 35.5. The van der Waals surface area contributed by atoms with Crippen molar-refractivity contribution in [2.75, 3.05) is 5.73 Å². The van der Waals surface area contributed by atoms with E-state index in [4.69, 9.17) is 22.1 Å². The van der Waals surface area contributed by atoms with Crippen LogP contribution in [0.3, 0.4) is 0 Å². The normalized spacial score (nSPS) is 10.3. The molecule has 0 saturated carbocycles. The second-order valence-electron chi connectivity index (χ2n) is 4.02. The monoisotopic (exact) mass is 297 g/mol. The highest BCUT2D eigenvalue weighted by molar-refractivity contribution is 6.33. The van der Waals surface area contributed by atoms with Crippen LogP contribution in [0.2, 0.25) is 5.02 Å². The average molecular weight is 298 g/mol. The van der Waals surface area contributed by atoms with Gasteiger partial charge in [-0.15, -0.1) is 0 Å². The Morgan fingerprint density at radius 3 is 2.50 bits per heavy atom. The standard InChI is InChI=1S/C14H10ClF2NO2/c15-11-5-4-8(18)6-9(11)14(19)20-7-10-12(16)2-1-3-13(10)17/h1-6H,7,18H2. The van der Waals surface area contributed by atoms with Gasteiger partial charge >= 0.3 is 5.97 Å². The molecule has 20 heavy (non-hydrogen) atoms. The number of carbonyl (C=O) groups is 1. The minimum atomic E-state index is -0.801. The van der Waals surface area contributed by atoms with Gasteiger partial charge in [0.1, 0.15) is 18.2 Å². The maximum atomic E-state index is 13.4. The van der Waals surface area contributed by atoms with Gasteiger partial charge in [-0.1, -0.05) is 17.7 Å². The molecule has 0 bridgehead atoms. The van der Waals surface area contributed by atoms with Gasteiger partial charge in [0.05, 0.1) is 16.1 Å². The Morgan fingerprint density at radius 1 is 1.20 bits per heavy atom. The van der Waals surface area contributed by atoms with E-state index in [1.807, 2.05) is 0 Å². The molecule has 0 radical (unpaired) electrons. The van der Waals surface area contributed by atoms with Gasteiger partial charge in [0.15, 0.2) is 0 Å². The zero-order valence-electron chi connectivity index (χ0n) is 10.2. The average Bonchev–Trinajstić information content (AvgIpc) is 2.40. The van der Waals surface area contributed by atoms with Gasteiger partial charge < -0.3 is 10.5 Å². The predicted molar refractivity (Wildman–Crippen MR) is 71.3 cm³/mol. The Hall–Kier alpha value is -2.14. The molecule has 0 amide bonds. The van der Waals surface area contributed by atoms with E-state index in [0.717, 1.165) is 12.1 Å². The summed E-state index contributed by atoms with van der Waals surface area (Å²) in [6.07, 6.45) is 0. The number of hydrogen-bond donors (Lipinski definition) is 1. The summed E-state index contributed by atoms with van der Waals surface area (Å²) >= 11 is 5.83. The van der Waals surface area contributed by atoms with Crippen LogP contribution in [-0.4, -0.2) is 5.97 Å². The van der Waals surface area contributed by atoms with Crippen LogP contribution >= 0.6 is 11.6 Å². The molecule has 2 rings (SSSR count). The third kappa shape index (κ3) is 3.05. The Labute approximate surface area is 118 Å². The first-order valence-corrected chi connectivity index (χ1v) is 6.02. The van der Waals surface area contributed by atoms with Crippen LogP contribution < -0.4 is 5.73 Å². The van der Waals surface area contributed by atoms with E-state index in [0.29, 0.717) is 5.69 Å². The fourth-order valence-electron chi connectivity index (χ4n) is 1.59. The quantitative estimate of drug-likeness (QED) is 0.696. The van der Waals surface area contributed by atoms with Gasteiger partial charge in [0, 0.05) is 5.69 Å². The largest absolute Gasteiger partial charge is 0.457 e. The molecule has 0 aliphatic carbocycles. The highest BCUT2D eigenvalue weighted by Gasteiger charge is 2.15. The lowest BCUT2D eigenvalue weighted by Crippen LogP contribution is -2.08. The summed E-state index contributed by atoms with van der Waals surface area (Å²) in [5.74, 6) is -2.36. The molecule has 0 atom stereocenters. The van der Waals surface area contributed by atoms with Gasteiger partial charge in [-0.25, -0.2) is 13.6 Å². The summed E-state index contributed by atoms with van der Waals surface area (Å²) in [5, 5.41) is 0.151. The van der Waals surface area contributed by atoms with Crippen molar-refractivity contribution < 1.29 is 18.3 Å². The van der Waals surface area contributed by atoms with E-state index in [-0.39, 0.29) is 16.1 Å². The first-order valence-electron chi connectivity index (χ1n) is 5.64. The number of halogens is 3. The summed E-state index contributed by atoms with van der Waals surface area (Å²) in [6.45, 7) is -0.525. The molecule has 0 saturated heterocycles. The van der Waals surface area contributed by atoms with Crippen molar-refractivity contribution in [1.29, 1.82) is 0 Å². The van der Waals surface area contributed by atoms with Crippen LogP contribution in [0.25, 0.3) is 0 Å². The first-order chi connectivity index (χ1) is 9.49. The maximum absolute atomic E-state index is 13.4. The lowest BCUT2D eigenvalue weighted by molar-refractivity contribution is 0.0465. The van der Waals surface area contributed by atoms with E-state index in [1.54, 1.807) is 0 Å². The molecule has 2 aromatic rings. The smallest absolute Gasteiger partial charge is 0.340 e. The van der Waals surface area contributed by atoms with Crippen LogP contribution in [0.15, 0.2) is 36.4 Å². The lowest BCUT2D eigenvalue weighted by Gasteiger charge is -2.08. The Balaban J connectivity index is 2.15. The highest BCUT2D eigenvalue weighted by Crippen LogP contribution is 2.21. The van der Waals surface area contributed by atoms with Crippen LogP contribution in [0.1, 0.15) is 15.9 Å². The summed E-state index contributed by atoms with van der Waals surface area (Å²) < 4.78 is 31.6. The van der Waals surface area contributed by atoms with Crippen molar-refractivity contribution in [2.24, 2.45) is 0 Å². The second-order valence-corrected chi connectivity index (χ2v) is 4.42. The maximum Gasteiger partial charge on any atom is 0.340 e. The predicted octanol–water partition coefficient (Wildman–Crippen LogP) is 3.56. The summed E-state index contributed by atoms with van der Waals surface area (Å²) in [7, 11) is 0. The van der Waals surface area contributed by atoms with Crippen molar-refractivity contribution in [3.8, 4) is 0 Å². The van der Waals surface area contributed by atoms with E-state index >= 15 is 0 Å². The number of ether oxygens (including phenoxy) is 1. The van der Waals surface area contributed by atoms with Gasteiger partial charge in [-0.2, -0.15) is 0 Å². The fourth-order valence-corrected chi connectivity index (χ4v) is 1.78. The number of esters is 1. The number of anilines is 1. The van der Waals surface area contributed by atoms with Crippen LogP contribution in [0.4, 0.5) is 14.5 Å². The molecule has 3 nitrogen and oxygen atoms in total. The van der Waals surface area contributed by atoms with E-state index in [1.165, 1.54) is 24.3 Å². The number of carbonyl (C=O) groups excluding carboxylic acids is 1. The van der Waals surface area contributed by atoms with E-state index < -0.39 is 24.2 Å². The molecule has 104 valence electrons. The van der Waals surface area contributed by atoms with Gasteiger partial charge in [-0.05, 0) is 30.3 Å². The van der Waals surface area contributed by atoms with Crippen molar-refractivity contribution in [3.05, 3.63) is 64.2 Å². The topological polar surface area (TPSA) is 52.3 Å². The Morgan fingerprint density at radius 2 is 1.85 bits per heavy atom. The molecule has 2 N–H and O–H groups in total. The minimum Gasteiger partial charge on any atom is -0.457 e. The Bertz CT molecular complexity index is 641. The van der Waals surface area contributed by atoms with Crippen molar-refractivity contribution >= 4 is 23.3 Å². The molecule has 2 aromatic carbocycles. The van der Waals surface area contributed by atoms with Crippen molar-refractivity contribution in [3.63, 3.8) is 0 Å². The van der Waals surface area contributed by atoms with Gasteiger partial charge in [0.25, 0.3) is 0 Å². The van der Waals surface area contributed by atoms with Crippen molar-refractivity contribution in [2.45, 2.75) is 6.61 Å². The van der Waals surface area contributed by atoms with Crippen LogP contribution in [-0.2, 0) is 11.3 Å². The van der Waals surface area contributed by atoms with Gasteiger partial charge in [-0.3, -0.25) is 0 Å². The molecule has 0 spiro atoms. The molecule has 0 aliphatic heterocycles. The third-order valence-corrected chi connectivity index (χ3v) is 2.95. The molecule has 6 heteroatoms. The van der Waals surface area contributed by atoms with E-state index in [9.17, 15) is 13.6 Å². The van der Waals surface area contributed by atoms with Crippen LogP contribution in [0, 0.1) is 11.6 Å². The number of benzene rings is 2.